The smallest absolute Gasteiger partial charge is 0.204 e. The highest BCUT2D eigenvalue weighted by atomic mass is 16.5. The summed E-state index contributed by atoms with van der Waals surface area (Å²) in [6.07, 6.45) is 1.87. The van der Waals surface area contributed by atoms with Gasteiger partial charge in [0.1, 0.15) is 23.7 Å². The number of fused-ring (bicyclic) bond motifs is 2. The molecule has 152 valence electrons. The number of benzene rings is 1. The number of nitrogens with zero attached hydrogens (tertiary/aromatic N) is 3. The predicted molar refractivity (Wildman–Crippen MR) is 109 cm³/mol. The van der Waals surface area contributed by atoms with E-state index in [0.29, 0.717) is 6.61 Å². The number of H-pyrrole nitrogens is 1. The molecule has 4 heterocycles. The maximum atomic E-state index is 6.73. The Morgan fingerprint density at radius 1 is 1.31 bits per heavy atom. The fraction of sp³-hybridized carbons (Fsp3) is 0.400. The highest BCUT2D eigenvalue weighted by Gasteiger charge is 2.34. The normalized spacial score (nSPS) is 22.5. The number of nitrogens with one attached hydrogen (secondary N) is 3. The van der Waals surface area contributed by atoms with Crippen LogP contribution in [-0.2, 0) is 21.9 Å². The van der Waals surface area contributed by atoms with Crippen LogP contribution in [0, 0.1) is 0 Å². The molecule has 0 bridgehead atoms. The molecule has 2 aliphatic rings. The van der Waals surface area contributed by atoms with E-state index in [2.05, 4.69) is 20.7 Å². The zero-order valence-electron chi connectivity index (χ0n) is 16.3. The number of rotatable bonds is 4. The van der Waals surface area contributed by atoms with Crippen LogP contribution in [0.4, 0.5) is 5.82 Å². The lowest BCUT2D eigenvalue weighted by Gasteiger charge is -2.25. The molecule has 1 aromatic carbocycles. The minimum absolute atomic E-state index is 0.262. The number of aromatic nitrogens is 3. The first-order chi connectivity index (χ1) is 14.1. The number of pyridine rings is 1. The molecule has 3 aromatic rings. The molecule has 1 unspecified atom stereocenters. The quantitative estimate of drug-likeness (QED) is 0.530. The van der Waals surface area contributed by atoms with Gasteiger partial charge in [0, 0.05) is 25.9 Å². The van der Waals surface area contributed by atoms with Gasteiger partial charge in [-0.05, 0) is 37.1 Å². The van der Waals surface area contributed by atoms with E-state index in [1.807, 2.05) is 41.1 Å². The third-order valence-corrected chi connectivity index (χ3v) is 5.36. The fourth-order valence-corrected chi connectivity index (χ4v) is 3.87. The summed E-state index contributed by atoms with van der Waals surface area (Å²) in [7, 11) is 1.65. The monoisotopic (exact) mass is 395 g/mol. The van der Waals surface area contributed by atoms with Crippen LogP contribution in [0.1, 0.15) is 24.2 Å². The summed E-state index contributed by atoms with van der Waals surface area (Å²) in [6.45, 7) is 1.96. The molecule has 1 atom stereocenters. The zero-order chi connectivity index (χ0) is 19.8. The third kappa shape index (κ3) is 3.37. The fourth-order valence-electron chi connectivity index (χ4n) is 3.87. The van der Waals surface area contributed by atoms with Crippen molar-refractivity contribution in [2.45, 2.75) is 31.3 Å². The van der Waals surface area contributed by atoms with Gasteiger partial charge >= 0.3 is 0 Å². The SMILES string of the molecule is COCc1nc2ccc(C3(N)Nc4cccc(=NC5CCOCC5)n4N3)cc2[nH]1. The Kier molecular flexibility index (Phi) is 4.50. The van der Waals surface area contributed by atoms with E-state index in [0.717, 1.165) is 59.8 Å². The highest BCUT2D eigenvalue weighted by Crippen LogP contribution is 2.27. The highest BCUT2D eigenvalue weighted by molar-refractivity contribution is 5.76. The second kappa shape index (κ2) is 7.18. The Labute approximate surface area is 167 Å². The van der Waals surface area contributed by atoms with Crippen molar-refractivity contribution in [3.63, 3.8) is 0 Å². The van der Waals surface area contributed by atoms with Crippen molar-refractivity contribution in [3.8, 4) is 0 Å². The third-order valence-electron chi connectivity index (χ3n) is 5.36. The number of hydrogen-bond acceptors (Lipinski definition) is 7. The topological polar surface area (TPSA) is 115 Å². The number of imidazole rings is 1. The van der Waals surface area contributed by atoms with Crippen molar-refractivity contribution in [2.75, 3.05) is 31.1 Å². The Bertz CT molecular complexity index is 1100. The summed E-state index contributed by atoms with van der Waals surface area (Å²) in [5.74, 6) is 0.688. The van der Waals surface area contributed by atoms with Crippen LogP contribution in [0.2, 0.25) is 0 Å². The van der Waals surface area contributed by atoms with Gasteiger partial charge in [-0.1, -0.05) is 12.1 Å². The Balaban J connectivity index is 1.48. The Morgan fingerprint density at radius 3 is 3.00 bits per heavy atom. The maximum Gasteiger partial charge on any atom is 0.204 e. The molecule has 0 amide bonds. The minimum Gasteiger partial charge on any atom is -0.381 e. The lowest BCUT2D eigenvalue weighted by molar-refractivity contribution is 0.0861. The summed E-state index contributed by atoms with van der Waals surface area (Å²) in [5, 5.41) is 3.39. The van der Waals surface area contributed by atoms with Crippen molar-refractivity contribution < 1.29 is 9.47 Å². The van der Waals surface area contributed by atoms with E-state index in [9.17, 15) is 0 Å². The molecule has 5 N–H and O–H groups in total. The zero-order valence-corrected chi connectivity index (χ0v) is 16.3. The van der Waals surface area contributed by atoms with Gasteiger partial charge in [-0.2, -0.15) is 0 Å². The lowest BCUT2D eigenvalue weighted by Crippen LogP contribution is -2.50. The van der Waals surface area contributed by atoms with Gasteiger partial charge in [-0.3, -0.25) is 16.2 Å². The summed E-state index contributed by atoms with van der Waals surface area (Å²) in [4.78, 5) is 12.7. The van der Waals surface area contributed by atoms with Crippen molar-refractivity contribution in [3.05, 3.63) is 53.3 Å². The van der Waals surface area contributed by atoms with Crippen LogP contribution < -0.4 is 22.0 Å². The van der Waals surface area contributed by atoms with Crippen molar-refractivity contribution >= 4 is 16.9 Å². The molecule has 1 fully saturated rings. The van der Waals surface area contributed by atoms with Crippen molar-refractivity contribution in [1.29, 1.82) is 0 Å². The Hall–Kier alpha value is -2.88. The number of nitrogens with two attached hydrogens (primary N) is 1. The molecular formula is C20H25N7O2. The largest absolute Gasteiger partial charge is 0.381 e. The van der Waals surface area contributed by atoms with Crippen LogP contribution in [0.3, 0.4) is 0 Å². The van der Waals surface area contributed by atoms with Crippen molar-refractivity contribution in [2.24, 2.45) is 10.7 Å². The average molecular weight is 395 g/mol. The molecule has 0 saturated carbocycles. The van der Waals surface area contributed by atoms with Crippen LogP contribution in [0.25, 0.3) is 11.0 Å². The van der Waals surface area contributed by atoms with Crippen LogP contribution in [0.5, 0.6) is 0 Å². The summed E-state index contributed by atoms with van der Waals surface area (Å²) < 4.78 is 12.5. The molecule has 0 aliphatic carbocycles. The number of aromatic amines is 1. The molecule has 9 heteroatoms. The number of methoxy groups -OCH3 is 1. The Morgan fingerprint density at radius 2 is 2.17 bits per heavy atom. The van der Waals surface area contributed by atoms with E-state index in [1.54, 1.807) is 7.11 Å². The first-order valence-corrected chi connectivity index (χ1v) is 9.81. The molecule has 0 radical (unpaired) electrons. The molecule has 0 spiro atoms. The number of ether oxygens (including phenoxy) is 2. The van der Waals surface area contributed by atoms with Gasteiger partial charge < -0.3 is 19.8 Å². The van der Waals surface area contributed by atoms with E-state index in [1.165, 1.54) is 0 Å². The molecule has 2 aliphatic heterocycles. The summed E-state index contributed by atoms with van der Waals surface area (Å²) in [6, 6.07) is 12.2. The number of anilines is 1. The predicted octanol–water partition coefficient (Wildman–Crippen LogP) is 1.33. The van der Waals surface area contributed by atoms with Gasteiger partial charge in [0.2, 0.25) is 5.79 Å². The summed E-state index contributed by atoms with van der Waals surface area (Å²) >= 11 is 0. The summed E-state index contributed by atoms with van der Waals surface area (Å²) in [5.41, 5.74) is 13.6. The number of hydrogen-bond donors (Lipinski definition) is 4. The van der Waals surface area contributed by atoms with Gasteiger partial charge in [0.25, 0.3) is 0 Å². The van der Waals surface area contributed by atoms with Gasteiger partial charge in [-0.15, -0.1) is 0 Å². The van der Waals surface area contributed by atoms with Gasteiger partial charge in [0.05, 0.1) is 17.1 Å². The standard InChI is InChI=1S/C20H25N7O2/c1-28-12-17-23-15-6-5-13(11-16(15)24-17)20(21)25-19-4-2-3-18(27(19)26-20)22-14-7-9-29-10-8-14/h2-6,11,14,25-26H,7-10,12,21H2,1H3,(H,23,24). The molecule has 2 aromatic heterocycles. The molecule has 29 heavy (non-hydrogen) atoms. The van der Waals surface area contributed by atoms with Gasteiger partial charge in [-0.25, -0.2) is 9.66 Å². The molecule has 1 saturated heterocycles. The van der Waals surface area contributed by atoms with Crippen LogP contribution >= 0.6 is 0 Å². The van der Waals surface area contributed by atoms with E-state index < -0.39 is 5.79 Å². The van der Waals surface area contributed by atoms with E-state index in [-0.39, 0.29) is 6.04 Å². The molecule has 5 rings (SSSR count). The van der Waals surface area contributed by atoms with Crippen LogP contribution in [-0.4, -0.2) is 41.0 Å². The minimum atomic E-state index is -0.963. The van der Waals surface area contributed by atoms with E-state index >= 15 is 0 Å². The van der Waals surface area contributed by atoms with Crippen LogP contribution in [0.15, 0.2) is 41.4 Å². The lowest BCUT2D eigenvalue weighted by atomic mass is 10.1. The van der Waals surface area contributed by atoms with Gasteiger partial charge in [0.15, 0.2) is 0 Å². The average Bonchev–Trinajstić information content (AvgIpc) is 3.29. The second-order valence-electron chi connectivity index (χ2n) is 7.47. The first kappa shape index (κ1) is 18.2. The maximum absolute atomic E-state index is 6.73. The van der Waals surface area contributed by atoms with Crippen molar-refractivity contribution in [1.82, 2.24) is 14.6 Å². The molecule has 9 nitrogen and oxygen atoms in total. The van der Waals surface area contributed by atoms with E-state index in [4.69, 9.17) is 20.2 Å². The second-order valence-corrected chi connectivity index (χ2v) is 7.47. The first-order valence-electron chi connectivity index (χ1n) is 9.81. The molecular weight excluding hydrogens is 370 g/mol.